The molecule has 9 heteroatoms. The second-order valence-corrected chi connectivity index (χ2v) is 10.1. The molecule has 1 spiro atoms. The van der Waals surface area contributed by atoms with Crippen LogP contribution < -0.4 is 5.32 Å². The second-order valence-electron chi connectivity index (χ2n) is 10.1. The fourth-order valence-corrected chi connectivity index (χ4v) is 5.28. The van der Waals surface area contributed by atoms with Crippen molar-refractivity contribution in [2.24, 2.45) is 5.92 Å². The van der Waals surface area contributed by atoms with E-state index in [1.807, 2.05) is 0 Å². The molecule has 3 heterocycles. The van der Waals surface area contributed by atoms with Gasteiger partial charge in [0, 0.05) is 13.3 Å². The third kappa shape index (κ3) is 5.63. The topological polar surface area (TPSA) is 112 Å². The van der Waals surface area contributed by atoms with Gasteiger partial charge in [-0.3, -0.25) is 4.98 Å². The number of hydrogen-bond acceptors (Lipinski definition) is 8. The van der Waals surface area contributed by atoms with Crippen LogP contribution in [0.4, 0.5) is 4.79 Å². The molecule has 1 saturated carbocycles. The molecule has 2 aliphatic heterocycles. The molecule has 1 aromatic heterocycles. The molecule has 0 bridgehead atoms. The number of esters is 1. The van der Waals surface area contributed by atoms with Gasteiger partial charge in [-0.15, -0.1) is 0 Å². The first-order valence-corrected chi connectivity index (χ1v) is 12.4. The molecule has 2 saturated heterocycles. The highest BCUT2D eigenvalue weighted by atomic mass is 16.6. The Kier molecular flexibility index (Phi) is 7.82. The van der Waals surface area contributed by atoms with E-state index < -0.39 is 18.2 Å². The monoisotopic (exact) mass is 500 g/mol. The van der Waals surface area contributed by atoms with Crippen LogP contribution in [0.15, 0.2) is 42.6 Å². The van der Waals surface area contributed by atoms with Crippen LogP contribution in [0.1, 0.15) is 56.1 Å². The number of pyridine rings is 1. The summed E-state index contributed by atoms with van der Waals surface area (Å²) >= 11 is 0. The molecule has 0 radical (unpaired) electrons. The number of hydrogen-bond donors (Lipinski definition) is 1. The van der Waals surface area contributed by atoms with E-state index in [1.165, 1.54) is 17.8 Å². The van der Waals surface area contributed by atoms with Gasteiger partial charge in [0.25, 0.3) is 0 Å². The summed E-state index contributed by atoms with van der Waals surface area (Å²) in [6.07, 6.45) is 6.15. The van der Waals surface area contributed by atoms with Gasteiger partial charge >= 0.3 is 12.1 Å². The van der Waals surface area contributed by atoms with Gasteiger partial charge in [0.2, 0.25) is 0 Å². The van der Waals surface area contributed by atoms with Gasteiger partial charge in [-0.05, 0) is 52.2 Å². The number of carbonyl (C=O) groups is 2. The van der Waals surface area contributed by atoms with Crippen LogP contribution in [0, 0.1) is 5.92 Å². The Labute approximate surface area is 212 Å². The molecular formula is C27H36N2O7. The van der Waals surface area contributed by atoms with Gasteiger partial charge < -0.3 is 29.0 Å². The van der Waals surface area contributed by atoms with E-state index in [0.29, 0.717) is 24.3 Å². The Bertz CT molecular complexity index is 1000. The highest BCUT2D eigenvalue weighted by Gasteiger charge is 2.72. The zero-order chi connectivity index (χ0) is 25.9. The zero-order valence-electron chi connectivity index (χ0n) is 21.5. The van der Waals surface area contributed by atoms with Crippen molar-refractivity contribution < 1.29 is 33.3 Å². The van der Waals surface area contributed by atoms with Crippen LogP contribution in [0.25, 0.3) is 0 Å². The standard InChI is InChI=1S/C27H36N2O7/c1-6-13-33-24(30)18-8-9-19(28-14-18)15-29-25(31)35-20-11-12-27(16-34-27)23(22(20)32-5)26(4)21(36-26)10-7-17(2)3/h6-9,14,20-23H,1,10-13,15-16H2,2-5H3,(H,29,31)/t20-,21?,22-,23-,26+,27+/m1/s1. The fourth-order valence-electron chi connectivity index (χ4n) is 5.28. The summed E-state index contributed by atoms with van der Waals surface area (Å²) in [7, 11) is 1.65. The SMILES string of the molecule is C=CCOC(=O)c1ccc(CNC(=O)O[C@@H]2CC[C@]3(CO3)[C@@H]([C@@]3(C)OC3CC=C(C)C)[C@@H]2OC)nc1. The number of rotatable bonds is 10. The number of aromatic nitrogens is 1. The van der Waals surface area contributed by atoms with E-state index in [2.05, 4.69) is 43.7 Å². The summed E-state index contributed by atoms with van der Waals surface area (Å²) in [5.41, 5.74) is 1.51. The average molecular weight is 501 g/mol. The number of carbonyl (C=O) groups excluding carboxylic acids is 2. The van der Waals surface area contributed by atoms with Crippen molar-refractivity contribution in [3.63, 3.8) is 0 Å². The molecule has 1 aromatic rings. The van der Waals surface area contributed by atoms with Crippen LogP contribution >= 0.6 is 0 Å². The molecule has 1 amide bonds. The van der Waals surface area contributed by atoms with Gasteiger partial charge in [0.05, 0.1) is 36.4 Å². The number of amides is 1. The lowest BCUT2D eigenvalue weighted by molar-refractivity contribution is -0.118. The van der Waals surface area contributed by atoms with Crippen LogP contribution in [-0.4, -0.2) is 66.9 Å². The third-order valence-corrected chi connectivity index (χ3v) is 7.30. The molecule has 3 fully saturated rings. The Morgan fingerprint density at radius 1 is 1.33 bits per heavy atom. The maximum atomic E-state index is 12.7. The predicted octanol–water partition coefficient (Wildman–Crippen LogP) is 3.73. The van der Waals surface area contributed by atoms with Gasteiger partial charge in [-0.2, -0.15) is 0 Å². The second kappa shape index (κ2) is 10.7. The minimum absolute atomic E-state index is 0.0350. The van der Waals surface area contributed by atoms with Crippen molar-refractivity contribution in [3.05, 3.63) is 53.9 Å². The Morgan fingerprint density at radius 2 is 2.11 bits per heavy atom. The summed E-state index contributed by atoms with van der Waals surface area (Å²) in [6.45, 7) is 10.7. The maximum absolute atomic E-state index is 12.7. The molecule has 1 unspecified atom stereocenters. The molecule has 1 N–H and O–H groups in total. The Morgan fingerprint density at radius 3 is 2.72 bits per heavy atom. The summed E-state index contributed by atoms with van der Waals surface area (Å²) in [5.74, 6) is -0.514. The summed E-state index contributed by atoms with van der Waals surface area (Å²) in [4.78, 5) is 28.7. The van der Waals surface area contributed by atoms with Crippen molar-refractivity contribution in [1.82, 2.24) is 10.3 Å². The number of epoxide rings is 2. The smallest absolute Gasteiger partial charge is 0.407 e. The first-order valence-electron chi connectivity index (χ1n) is 12.4. The van der Waals surface area contributed by atoms with Crippen molar-refractivity contribution in [3.8, 4) is 0 Å². The maximum Gasteiger partial charge on any atom is 0.407 e. The molecule has 196 valence electrons. The normalized spacial score (nSPS) is 32.3. The summed E-state index contributed by atoms with van der Waals surface area (Å²) in [5, 5.41) is 2.74. The zero-order valence-corrected chi connectivity index (χ0v) is 21.5. The molecule has 4 rings (SSSR count). The lowest BCUT2D eigenvalue weighted by Gasteiger charge is -2.42. The van der Waals surface area contributed by atoms with E-state index >= 15 is 0 Å². The van der Waals surface area contributed by atoms with E-state index in [-0.39, 0.29) is 42.5 Å². The van der Waals surface area contributed by atoms with Crippen molar-refractivity contribution >= 4 is 12.1 Å². The minimum atomic E-state index is -0.548. The van der Waals surface area contributed by atoms with E-state index in [1.54, 1.807) is 19.2 Å². The van der Waals surface area contributed by atoms with Crippen LogP contribution in [-0.2, 0) is 30.2 Å². The van der Waals surface area contributed by atoms with Gasteiger partial charge in [0.15, 0.2) is 0 Å². The molecule has 1 aliphatic carbocycles. The largest absolute Gasteiger partial charge is 0.458 e. The van der Waals surface area contributed by atoms with Gasteiger partial charge in [0.1, 0.15) is 30.0 Å². The van der Waals surface area contributed by atoms with E-state index in [9.17, 15) is 9.59 Å². The highest BCUT2D eigenvalue weighted by Crippen LogP contribution is 2.59. The lowest BCUT2D eigenvalue weighted by Crippen LogP contribution is -2.56. The van der Waals surface area contributed by atoms with Crippen molar-refractivity contribution in [2.75, 3.05) is 20.3 Å². The fraction of sp³-hybridized carbons (Fsp3) is 0.593. The van der Waals surface area contributed by atoms with Crippen LogP contribution in [0.2, 0.25) is 0 Å². The van der Waals surface area contributed by atoms with Gasteiger partial charge in [-0.25, -0.2) is 9.59 Å². The number of methoxy groups -OCH3 is 1. The first kappa shape index (κ1) is 26.3. The lowest BCUT2D eigenvalue weighted by atomic mass is 9.68. The number of nitrogens with one attached hydrogen (secondary N) is 1. The number of alkyl carbamates (subject to hydrolysis) is 1. The minimum Gasteiger partial charge on any atom is -0.458 e. The van der Waals surface area contributed by atoms with Crippen LogP contribution in [0.5, 0.6) is 0 Å². The van der Waals surface area contributed by atoms with Crippen LogP contribution in [0.3, 0.4) is 0 Å². The quantitative estimate of drug-likeness (QED) is 0.294. The Balaban J connectivity index is 1.34. The summed E-state index contributed by atoms with van der Waals surface area (Å²) < 4.78 is 28.9. The molecule has 9 nitrogen and oxygen atoms in total. The van der Waals surface area contributed by atoms with Crippen molar-refractivity contribution in [1.29, 1.82) is 0 Å². The van der Waals surface area contributed by atoms with E-state index in [0.717, 1.165) is 12.8 Å². The number of allylic oxidation sites excluding steroid dienone is 1. The summed E-state index contributed by atoms with van der Waals surface area (Å²) in [6, 6.07) is 3.26. The molecule has 36 heavy (non-hydrogen) atoms. The predicted molar refractivity (Wildman–Crippen MR) is 131 cm³/mol. The third-order valence-electron chi connectivity index (χ3n) is 7.30. The number of nitrogens with zero attached hydrogens (tertiary/aromatic N) is 1. The Hall–Kier alpha value is -2.75. The average Bonchev–Trinajstić information content (AvgIpc) is 3.78. The van der Waals surface area contributed by atoms with Crippen molar-refractivity contribution in [2.45, 2.75) is 76.1 Å². The molecule has 6 atom stereocenters. The molecule has 0 aromatic carbocycles. The number of ether oxygens (including phenoxy) is 5. The molecule has 3 aliphatic rings. The van der Waals surface area contributed by atoms with Gasteiger partial charge in [-0.1, -0.05) is 24.3 Å². The molecular weight excluding hydrogens is 464 g/mol. The highest BCUT2D eigenvalue weighted by molar-refractivity contribution is 5.89. The van der Waals surface area contributed by atoms with E-state index in [4.69, 9.17) is 23.7 Å². The first-order chi connectivity index (χ1) is 17.2.